The van der Waals surface area contributed by atoms with E-state index >= 15 is 0 Å². The molecule has 1 aliphatic rings. The first-order chi connectivity index (χ1) is 13.5. The normalized spacial score (nSPS) is 15.9. The number of anilines is 1. The number of benzene rings is 1. The molecule has 0 spiro atoms. The lowest BCUT2D eigenvalue weighted by molar-refractivity contribution is 0.372. The third-order valence-electron chi connectivity index (χ3n) is 5.37. The molecule has 1 saturated heterocycles. The minimum Gasteiger partial charge on any atom is -0.372 e. The Hall–Kier alpha value is -2.50. The second kappa shape index (κ2) is 9.62. The van der Waals surface area contributed by atoms with E-state index in [4.69, 9.17) is 4.52 Å². The second-order valence-electron chi connectivity index (χ2n) is 7.99. The molecule has 0 radical (unpaired) electrons. The summed E-state index contributed by atoms with van der Waals surface area (Å²) in [4.78, 5) is 6.77. The van der Waals surface area contributed by atoms with Gasteiger partial charge in [-0.3, -0.25) is 4.99 Å². The minimum absolute atomic E-state index is 0.367. The highest BCUT2D eigenvalue weighted by molar-refractivity contribution is 5.79. The van der Waals surface area contributed by atoms with Crippen LogP contribution >= 0.6 is 0 Å². The molecule has 1 aromatic carbocycles. The number of piperidine rings is 1. The lowest BCUT2D eigenvalue weighted by Crippen LogP contribution is -2.36. The van der Waals surface area contributed by atoms with Crippen LogP contribution in [-0.2, 0) is 13.1 Å². The summed E-state index contributed by atoms with van der Waals surface area (Å²) in [6.07, 6.45) is 2.57. The molecule has 2 N–H and O–H groups in total. The molecule has 152 valence electrons. The molecular weight excluding hydrogens is 350 g/mol. The smallest absolute Gasteiger partial charge is 0.191 e. The molecular formula is C22H33N5O. The van der Waals surface area contributed by atoms with Gasteiger partial charge in [0.25, 0.3) is 0 Å². The van der Waals surface area contributed by atoms with Crippen LogP contribution in [0.4, 0.5) is 5.69 Å². The van der Waals surface area contributed by atoms with E-state index in [2.05, 4.69) is 70.7 Å². The number of nitrogens with zero attached hydrogens (tertiary/aromatic N) is 3. The first-order valence-corrected chi connectivity index (χ1v) is 10.3. The number of rotatable bonds is 6. The standard InChI is InChI=1S/C22H33N5O/c1-16(2)21-13-20(28-26-21)15-25-22(23-4)24-14-18-5-7-19(8-6-18)27-11-9-17(3)10-12-27/h5-8,13,16-17H,9-12,14-15H2,1-4H3,(H2,23,24,25). The number of nitrogens with one attached hydrogen (secondary N) is 2. The van der Waals surface area contributed by atoms with Gasteiger partial charge < -0.3 is 20.1 Å². The minimum atomic E-state index is 0.367. The van der Waals surface area contributed by atoms with Crippen molar-refractivity contribution in [2.24, 2.45) is 10.9 Å². The fourth-order valence-corrected chi connectivity index (χ4v) is 3.35. The Bertz CT molecular complexity index is 757. The van der Waals surface area contributed by atoms with Crippen LogP contribution in [0, 0.1) is 5.92 Å². The predicted molar refractivity (Wildman–Crippen MR) is 115 cm³/mol. The molecule has 0 saturated carbocycles. The maximum Gasteiger partial charge on any atom is 0.191 e. The maximum absolute atomic E-state index is 5.36. The monoisotopic (exact) mass is 383 g/mol. The van der Waals surface area contributed by atoms with Crippen molar-refractivity contribution in [1.82, 2.24) is 15.8 Å². The van der Waals surface area contributed by atoms with Crippen LogP contribution in [0.3, 0.4) is 0 Å². The molecule has 0 bridgehead atoms. The highest BCUT2D eigenvalue weighted by atomic mass is 16.5. The molecule has 0 amide bonds. The van der Waals surface area contributed by atoms with Crippen LogP contribution in [0.1, 0.15) is 56.5 Å². The van der Waals surface area contributed by atoms with Gasteiger partial charge in [-0.05, 0) is 42.4 Å². The van der Waals surface area contributed by atoms with Crippen LogP contribution in [-0.4, -0.2) is 31.3 Å². The third kappa shape index (κ3) is 5.50. The molecule has 2 aromatic rings. The van der Waals surface area contributed by atoms with E-state index in [0.717, 1.165) is 43.0 Å². The first-order valence-electron chi connectivity index (χ1n) is 10.3. The van der Waals surface area contributed by atoms with Crippen molar-refractivity contribution in [1.29, 1.82) is 0 Å². The van der Waals surface area contributed by atoms with Crippen LogP contribution in [0.25, 0.3) is 0 Å². The van der Waals surface area contributed by atoms with Gasteiger partial charge in [-0.25, -0.2) is 0 Å². The Balaban J connectivity index is 1.46. The molecule has 0 unspecified atom stereocenters. The Morgan fingerprint density at radius 3 is 2.46 bits per heavy atom. The molecule has 6 nitrogen and oxygen atoms in total. The SMILES string of the molecule is CN=C(NCc1ccc(N2CCC(C)CC2)cc1)NCc1cc(C(C)C)no1. The van der Waals surface area contributed by atoms with E-state index in [0.29, 0.717) is 12.5 Å². The molecule has 0 atom stereocenters. The zero-order valence-electron chi connectivity index (χ0n) is 17.5. The third-order valence-corrected chi connectivity index (χ3v) is 5.37. The molecule has 2 heterocycles. The Morgan fingerprint density at radius 2 is 1.86 bits per heavy atom. The topological polar surface area (TPSA) is 65.7 Å². The van der Waals surface area contributed by atoms with Crippen molar-refractivity contribution in [3.63, 3.8) is 0 Å². The van der Waals surface area contributed by atoms with Gasteiger partial charge in [0.2, 0.25) is 0 Å². The number of aromatic nitrogens is 1. The fourth-order valence-electron chi connectivity index (χ4n) is 3.35. The van der Waals surface area contributed by atoms with E-state index in [1.807, 2.05) is 6.07 Å². The molecule has 1 aromatic heterocycles. The summed E-state index contributed by atoms with van der Waals surface area (Å²) in [6.45, 7) is 10.2. The Kier molecular flexibility index (Phi) is 6.95. The van der Waals surface area contributed by atoms with Gasteiger partial charge in [-0.15, -0.1) is 0 Å². The van der Waals surface area contributed by atoms with Crippen LogP contribution < -0.4 is 15.5 Å². The summed E-state index contributed by atoms with van der Waals surface area (Å²) in [7, 11) is 1.77. The van der Waals surface area contributed by atoms with Crippen molar-refractivity contribution >= 4 is 11.6 Å². The van der Waals surface area contributed by atoms with Gasteiger partial charge in [0.15, 0.2) is 11.7 Å². The quantitative estimate of drug-likeness (QED) is 0.585. The molecule has 3 rings (SSSR count). The van der Waals surface area contributed by atoms with E-state index in [9.17, 15) is 0 Å². The van der Waals surface area contributed by atoms with E-state index in [1.54, 1.807) is 7.05 Å². The number of hydrogen-bond acceptors (Lipinski definition) is 4. The van der Waals surface area contributed by atoms with Crippen LogP contribution in [0.5, 0.6) is 0 Å². The van der Waals surface area contributed by atoms with Gasteiger partial charge in [-0.2, -0.15) is 0 Å². The van der Waals surface area contributed by atoms with Crippen molar-refractivity contribution in [2.75, 3.05) is 25.0 Å². The summed E-state index contributed by atoms with van der Waals surface area (Å²) in [5, 5.41) is 10.7. The molecule has 1 fully saturated rings. The Morgan fingerprint density at radius 1 is 1.18 bits per heavy atom. The van der Waals surface area contributed by atoms with Crippen LogP contribution in [0.15, 0.2) is 39.8 Å². The fraction of sp³-hybridized carbons (Fsp3) is 0.545. The molecule has 1 aliphatic heterocycles. The van der Waals surface area contributed by atoms with Crippen molar-refractivity contribution in [2.45, 2.75) is 52.6 Å². The summed E-state index contributed by atoms with van der Waals surface area (Å²) < 4.78 is 5.36. The molecule has 6 heteroatoms. The van der Waals surface area contributed by atoms with Gasteiger partial charge in [0.05, 0.1) is 12.2 Å². The zero-order chi connectivity index (χ0) is 19.9. The first kappa shape index (κ1) is 20.2. The van der Waals surface area contributed by atoms with Gasteiger partial charge in [-0.1, -0.05) is 38.1 Å². The lowest BCUT2D eigenvalue weighted by Gasteiger charge is -2.32. The number of aliphatic imine (C=N–C) groups is 1. The average Bonchev–Trinajstić information content (AvgIpc) is 3.19. The summed E-state index contributed by atoms with van der Waals surface area (Å²) >= 11 is 0. The number of hydrogen-bond donors (Lipinski definition) is 2. The van der Waals surface area contributed by atoms with E-state index in [-0.39, 0.29) is 0 Å². The van der Waals surface area contributed by atoms with Gasteiger partial charge in [0, 0.05) is 38.4 Å². The van der Waals surface area contributed by atoms with Gasteiger partial charge >= 0.3 is 0 Å². The van der Waals surface area contributed by atoms with Crippen molar-refractivity contribution < 1.29 is 4.52 Å². The highest BCUT2D eigenvalue weighted by Crippen LogP contribution is 2.23. The Labute approximate surface area is 168 Å². The zero-order valence-corrected chi connectivity index (χ0v) is 17.5. The summed E-state index contributed by atoms with van der Waals surface area (Å²) in [6, 6.07) is 10.8. The average molecular weight is 384 g/mol. The largest absolute Gasteiger partial charge is 0.372 e. The molecule has 0 aliphatic carbocycles. The predicted octanol–water partition coefficient (Wildman–Crippen LogP) is 3.90. The summed E-state index contributed by atoms with van der Waals surface area (Å²) in [5.41, 5.74) is 3.53. The highest BCUT2D eigenvalue weighted by Gasteiger charge is 2.15. The second-order valence-corrected chi connectivity index (χ2v) is 7.99. The van der Waals surface area contributed by atoms with Gasteiger partial charge in [0.1, 0.15) is 0 Å². The van der Waals surface area contributed by atoms with E-state index in [1.165, 1.54) is 24.1 Å². The van der Waals surface area contributed by atoms with Crippen molar-refractivity contribution in [3.05, 3.63) is 47.3 Å². The maximum atomic E-state index is 5.36. The summed E-state index contributed by atoms with van der Waals surface area (Å²) in [5.74, 6) is 2.78. The van der Waals surface area contributed by atoms with Crippen molar-refractivity contribution in [3.8, 4) is 0 Å². The van der Waals surface area contributed by atoms with Crippen LogP contribution in [0.2, 0.25) is 0 Å². The lowest BCUT2D eigenvalue weighted by atomic mass is 9.99. The number of guanidine groups is 1. The van der Waals surface area contributed by atoms with E-state index < -0.39 is 0 Å². The molecule has 28 heavy (non-hydrogen) atoms.